The second-order valence-corrected chi connectivity index (χ2v) is 10.9. The Morgan fingerprint density at radius 2 is 1.47 bits per heavy atom. The van der Waals surface area contributed by atoms with Crippen LogP contribution in [-0.4, -0.2) is 14.3 Å². The summed E-state index contributed by atoms with van der Waals surface area (Å²) in [5, 5.41) is 3.56. The van der Waals surface area contributed by atoms with Crippen molar-refractivity contribution in [1.82, 2.24) is 5.32 Å². The van der Waals surface area contributed by atoms with E-state index >= 15 is 0 Å². The summed E-state index contributed by atoms with van der Waals surface area (Å²) in [6.07, 6.45) is 0. The topological polar surface area (TPSA) is 66.5 Å². The molecule has 184 valence electrons. The highest BCUT2D eigenvalue weighted by atomic mass is 35.5. The van der Waals surface area contributed by atoms with Gasteiger partial charge in [-0.3, -0.25) is 9.10 Å². The van der Waals surface area contributed by atoms with Crippen LogP contribution >= 0.6 is 11.6 Å². The molecule has 5 nitrogen and oxygen atoms in total. The van der Waals surface area contributed by atoms with Crippen LogP contribution in [0.2, 0.25) is 5.02 Å². The monoisotopic (exact) mass is 518 g/mol. The summed E-state index contributed by atoms with van der Waals surface area (Å²) in [7, 11) is -4.00. The van der Waals surface area contributed by atoms with Gasteiger partial charge in [-0.1, -0.05) is 83.9 Å². The number of sulfonamides is 1. The molecule has 1 N–H and O–H groups in total. The fourth-order valence-corrected chi connectivity index (χ4v) is 5.47. The predicted octanol–water partition coefficient (Wildman–Crippen LogP) is 6.53. The molecular formula is C29H27ClN2O3S. The van der Waals surface area contributed by atoms with Crippen LogP contribution in [0.15, 0.2) is 108 Å². The number of hydrogen-bond acceptors (Lipinski definition) is 3. The van der Waals surface area contributed by atoms with E-state index in [1.807, 2.05) is 44.2 Å². The summed E-state index contributed by atoms with van der Waals surface area (Å²) in [6.45, 7) is 3.83. The summed E-state index contributed by atoms with van der Waals surface area (Å²) in [5.41, 5.74) is 3.21. The number of nitrogens with one attached hydrogen (secondary N) is 1. The first-order chi connectivity index (χ1) is 17.3. The van der Waals surface area contributed by atoms with Crippen molar-refractivity contribution in [3.8, 4) is 0 Å². The quantitative estimate of drug-likeness (QED) is 0.288. The van der Waals surface area contributed by atoms with Crippen molar-refractivity contribution < 1.29 is 13.2 Å². The molecule has 0 radical (unpaired) electrons. The zero-order chi connectivity index (χ0) is 25.7. The fraction of sp³-hybridized carbons (Fsp3) is 0.138. The standard InChI is InChI=1S/C29H27ClN2O3S/c1-21-12-18-26(19-13-21)36(34,35)32(20-23-14-16-25(30)17-15-23)28-11-7-6-10-27(28)29(33)31-22(2)24-8-4-3-5-9-24/h3-19,22H,20H2,1-2H3,(H,31,33)/t22-/m0/s1. The summed E-state index contributed by atoms with van der Waals surface area (Å²) >= 11 is 6.05. The highest BCUT2D eigenvalue weighted by Gasteiger charge is 2.29. The van der Waals surface area contributed by atoms with Crippen LogP contribution in [0.5, 0.6) is 0 Å². The lowest BCUT2D eigenvalue weighted by Gasteiger charge is -2.27. The first kappa shape index (κ1) is 25.5. The molecule has 0 aliphatic heterocycles. The molecule has 1 amide bonds. The van der Waals surface area contributed by atoms with E-state index in [0.29, 0.717) is 10.7 Å². The Labute approximate surface area is 217 Å². The minimum Gasteiger partial charge on any atom is -0.345 e. The van der Waals surface area contributed by atoms with Gasteiger partial charge in [0.25, 0.3) is 15.9 Å². The Morgan fingerprint density at radius 1 is 0.861 bits per heavy atom. The first-order valence-corrected chi connectivity index (χ1v) is 13.4. The normalized spacial score (nSPS) is 12.1. The summed E-state index contributed by atoms with van der Waals surface area (Å²) < 4.78 is 29.1. The zero-order valence-corrected chi connectivity index (χ0v) is 21.6. The van der Waals surface area contributed by atoms with Gasteiger partial charge >= 0.3 is 0 Å². The lowest BCUT2D eigenvalue weighted by molar-refractivity contribution is 0.0940. The molecule has 0 aliphatic carbocycles. The van der Waals surface area contributed by atoms with E-state index in [0.717, 1.165) is 16.7 Å². The van der Waals surface area contributed by atoms with Crippen molar-refractivity contribution in [3.63, 3.8) is 0 Å². The van der Waals surface area contributed by atoms with Crippen molar-refractivity contribution in [2.45, 2.75) is 31.3 Å². The van der Waals surface area contributed by atoms with E-state index in [2.05, 4.69) is 5.32 Å². The Morgan fingerprint density at radius 3 is 2.14 bits per heavy atom. The number of nitrogens with zero attached hydrogens (tertiary/aromatic N) is 1. The molecule has 0 bridgehead atoms. The van der Waals surface area contributed by atoms with Gasteiger partial charge < -0.3 is 5.32 Å². The van der Waals surface area contributed by atoms with Crippen LogP contribution in [0.25, 0.3) is 0 Å². The van der Waals surface area contributed by atoms with Gasteiger partial charge in [-0.2, -0.15) is 0 Å². The molecule has 7 heteroatoms. The highest BCUT2D eigenvalue weighted by Crippen LogP contribution is 2.30. The number of carbonyl (C=O) groups is 1. The third-order valence-corrected chi connectivity index (χ3v) is 7.94. The number of para-hydroxylation sites is 1. The van der Waals surface area contributed by atoms with Crippen molar-refractivity contribution in [3.05, 3.63) is 130 Å². The molecule has 1 atom stereocenters. The maximum atomic E-state index is 13.9. The predicted molar refractivity (Wildman–Crippen MR) is 145 cm³/mol. The van der Waals surface area contributed by atoms with E-state index < -0.39 is 10.0 Å². The van der Waals surface area contributed by atoms with Crippen LogP contribution in [0, 0.1) is 6.92 Å². The number of aryl methyl sites for hydroxylation is 1. The van der Waals surface area contributed by atoms with Gasteiger partial charge in [0.05, 0.1) is 28.7 Å². The maximum absolute atomic E-state index is 13.9. The molecule has 0 aliphatic rings. The lowest BCUT2D eigenvalue weighted by Crippen LogP contribution is -2.34. The zero-order valence-electron chi connectivity index (χ0n) is 20.1. The largest absolute Gasteiger partial charge is 0.345 e. The van der Waals surface area contributed by atoms with Gasteiger partial charge in [-0.25, -0.2) is 8.42 Å². The number of hydrogen-bond donors (Lipinski definition) is 1. The van der Waals surface area contributed by atoms with Gasteiger partial charge in [-0.15, -0.1) is 0 Å². The van der Waals surface area contributed by atoms with Crippen molar-refractivity contribution in [2.24, 2.45) is 0 Å². The van der Waals surface area contributed by atoms with E-state index in [1.165, 1.54) is 4.31 Å². The van der Waals surface area contributed by atoms with Gasteiger partial charge in [0.1, 0.15) is 0 Å². The first-order valence-electron chi connectivity index (χ1n) is 11.5. The van der Waals surface area contributed by atoms with E-state index in [1.54, 1.807) is 72.8 Å². The van der Waals surface area contributed by atoms with Gasteiger partial charge in [0, 0.05) is 5.02 Å². The van der Waals surface area contributed by atoms with Crippen LogP contribution in [0.1, 0.15) is 40.0 Å². The van der Waals surface area contributed by atoms with E-state index in [4.69, 9.17) is 11.6 Å². The lowest BCUT2D eigenvalue weighted by atomic mass is 10.1. The molecule has 36 heavy (non-hydrogen) atoms. The molecule has 0 saturated carbocycles. The van der Waals surface area contributed by atoms with Crippen LogP contribution < -0.4 is 9.62 Å². The molecular weight excluding hydrogens is 492 g/mol. The molecule has 0 spiro atoms. The molecule has 0 aromatic heterocycles. The molecule has 0 saturated heterocycles. The van der Waals surface area contributed by atoms with Crippen molar-refractivity contribution in [1.29, 1.82) is 0 Å². The Balaban J connectivity index is 1.76. The number of benzene rings is 4. The Hall–Kier alpha value is -3.61. The molecule has 0 heterocycles. The van der Waals surface area contributed by atoms with E-state index in [9.17, 15) is 13.2 Å². The third-order valence-electron chi connectivity index (χ3n) is 5.91. The molecule has 4 rings (SSSR count). The van der Waals surface area contributed by atoms with Gasteiger partial charge in [0.2, 0.25) is 0 Å². The molecule has 4 aromatic carbocycles. The summed E-state index contributed by atoms with van der Waals surface area (Å²) in [4.78, 5) is 13.6. The second-order valence-electron chi connectivity index (χ2n) is 8.57. The van der Waals surface area contributed by atoms with Crippen LogP contribution in [0.4, 0.5) is 5.69 Å². The third kappa shape index (κ3) is 5.78. The number of rotatable bonds is 8. The van der Waals surface area contributed by atoms with Crippen molar-refractivity contribution >= 4 is 33.2 Å². The highest BCUT2D eigenvalue weighted by molar-refractivity contribution is 7.92. The SMILES string of the molecule is Cc1ccc(S(=O)(=O)N(Cc2ccc(Cl)cc2)c2ccccc2C(=O)N[C@@H](C)c2ccccc2)cc1. The van der Waals surface area contributed by atoms with E-state index in [-0.39, 0.29) is 29.0 Å². The van der Waals surface area contributed by atoms with Gasteiger partial charge in [0.15, 0.2) is 0 Å². The Bertz CT molecular complexity index is 1440. The molecule has 0 unspecified atom stereocenters. The molecule has 0 fully saturated rings. The number of anilines is 1. The molecule has 4 aromatic rings. The smallest absolute Gasteiger partial charge is 0.264 e. The van der Waals surface area contributed by atoms with Crippen LogP contribution in [0.3, 0.4) is 0 Å². The second kappa shape index (κ2) is 11.0. The maximum Gasteiger partial charge on any atom is 0.264 e. The average molecular weight is 519 g/mol. The van der Waals surface area contributed by atoms with Gasteiger partial charge in [-0.05, 0) is 61.4 Å². The number of halogens is 1. The van der Waals surface area contributed by atoms with Crippen LogP contribution in [-0.2, 0) is 16.6 Å². The fourth-order valence-electron chi connectivity index (χ4n) is 3.88. The summed E-state index contributed by atoms with van der Waals surface area (Å²) in [6, 6.07) is 29.8. The minimum atomic E-state index is -4.00. The Kier molecular flexibility index (Phi) is 7.77. The summed E-state index contributed by atoms with van der Waals surface area (Å²) in [5.74, 6) is -0.359. The minimum absolute atomic E-state index is 0.0336. The average Bonchev–Trinajstić information content (AvgIpc) is 2.89. The van der Waals surface area contributed by atoms with Crippen molar-refractivity contribution in [2.75, 3.05) is 4.31 Å². The number of carbonyl (C=O) groups excluding carboxylic acids is 1. The number of amides is 1.